The molecular weight excluding hydrogens is 240 g/mol. The summed E-state index contributed by atoms with van der Waals surface area (Å²) in [4.78, 5) is 12.0. The van der Waals surface area contributed by atoms with Crippen molar-refractivity contribution >= 4 is 11.6 Å². The molecule has 0 atom stereocenters. The summed E-state index contributed by atoms with van der Waals surface area (Å²) in [5, 5.41) is 12.5. The highest BCUT2D eigenvalue weighted by atomic mass is 16.3. The fourth-order valence-electron chi connectivity index (χ4n) is 2.70. The van der Waals surface area contributed by atoms with Crippen molar-refractivity contribution in [3.8, 4) is 0 Å². The van der Waals surface area contributed by atoms with E-state index in [-0.39, 0.29) is 17.9 Å². The molecule has 1 aromatic rings. The third-order valence-corrected chi connectivity index (χ3v) is 4.05. The van der Waals surface area contributed by atoms with Crippen molar-refractivity contribution in [3.63, 3.8) is 0 Å². The first kappa shape index (κ1) is 13.9. The van der Waals surface area contributed by atoms with Gasteiger partial charge >= 0.3 is 0 Å². The lowest BCUT2D eigenvalue weighted by atomic mass is 9.74. The molecule has 0 radical (unpaired) electrons. The molecule has 4 nitrogen and oxygen atoms in total. The van der Waals surface area contributed by atoms with E-state index in [0.717, 1.165) is 25.7 Å². The summed E-state index contributed by atoms with van der Waals surface area (Å²) in [6.07, 6.45) is 5.49. The van der Waals surface area contributed by atoms with Crippen LogP contribution in [0.5, 0.6) is 0 Å². The summed E-state index contributed by atoms with van der Waals surface area (Å²) in [6, 6.07) is 6.88. The molecule has 2 rings (SSSR count). The van der Waals surface area contributed by atoms with Crippen LogP contribution in [-0.4, -0.2) is 24.2 Å². The summed E-state index contributed by atoms with van der Waals surface area (Å²) < 4.78 is 0. The number of aliphatic hydroxyl groups is 1. The number of anilines is 1. The predicted molar refractivity (Wildman–Crippen MR) is 75.8 cm³/mol. The Morgan fingerprint density at radius 2 is 1.84 bits per heavy atom. The molecule has 1 aromatic carbocycles. The van der Waals surface area contributed by atoms with Crippen molar-refractivity contribution in [1.29, 1.82) is 0 Å². The maximum absolute atomic E-state index is 12.0. The monoisotopic (exact) mass is 262 g/mol. The Hall–Kier alpha value is -1.55. The van der Waals surface area contributed by atoms with Crippen LogP contribution < -0.4 is 11.1 Å². The molecule has 0 heterocycles. The summed E-state index contributed by atoms with van der Waals surface area (Å²) in [7, 11) is 0. The van der Waals surface area contributed by atoms with Crippen molar-refractivity contribution in [1.82, 2.24) is 5.32 Å². The smallest absolute Gasteiger partial charge is 0.251 e. The number of carbonyl (C=O) groups is 1. The van der Waals surface area contributed by atoms with E-state index in [4.69, 9.17) is 5.73 Å². The van der Waals surface area contributed by atoms with E-state index in [1.54, 1.807) is 24.3 Å². The van der Waals surface area contributed by atoms with Crippen LogP contribution in [0.25, 0.3) is 0 Å². The van der Waals surface area contributed by atoms with Crippen LogP contribution in [0.1, 0.15) is 42.5 Å². The Balaban J connectivity index is 1.93. The zero-order chi connectivity index (χ0) is 13.7. The van der Waals surface area contributed by atoms with Gasteiger partial charge in [0.05, 0.1) is 6.61 Å². The molecule has 4 heteroatoms. The number of amides is 1. The Kier molecular flexibility index (Phi) is 4.43. The first-order valence-electron chi connectivity index (χ1n) is 6.90. The normalized spacial score (nSPS) is 17.9. The standard InChI is InChI=1S/C15H22N2O2/c16-13-6-4-12(5-7-13)14(19)17-10-15(11-18)8-2-1-3-9-15/h4-7,18H,1-3,8-11,16H2,(H,17,19). The fourth-order valence-corrected chi connectivity index (χ4v) is 2.70. The third-order valence-electron chi connectivity index (χ3n) is 4.05. The minimum atomic E-state index is -0.123. The Labute approximate surface area is 114 Å². The molecular formula is C15H22N2O2. The fraction of sp³-hybridized carbons (Fsp3) is 0.533. The zero-order valence-corrected chi connectivity index (χ0v) is 11.2. The first-order valence-corrected chi connectivity index (χ1v) is 6.90. The highest BCUT2D eigenvalue weighted by Gasteiger charge is 2.31. The summed E-state index contributed by atoms with van der Waals surface area (Å²) in [5.41, 5.74) is 6.73. The summed E-state index contributed by atoms with van der Waals surface area (Å²) >= 11 is 0. The molecule has 0 bridgehead atoms. The first-order chi connectivity index (χ1) is 9.15. The number of hydrogen-bond acceptors (Lipinski definition) is 3. The van der Waals surface area contributed by atoms with Gasteiger partial charge in [-0.25, -0.2) is 0 Å². The largest absolute Gasteiger partial charge is 0.399 e. The number of rotatable bonds is 4. The van der Waals surface area contributed by atoms with Gasteiger partial charge in [-0.2, -0.15) is 0 Å². The SMILES string of the molecule is Nc1ccc(C(=O)NCC2(CO)CCCCC2)cc1. The minimum absolute atomic E-state index is 0.0987. The molecule has 0 unspecified atom stereocenters. The number of nitrogens with two attached hydrogens (primary N) is 1. The van der Waals surface area contributed by atoms with Crippen LogP contribution in [-0.2, 0) is 0 Å². The van der Waals surface area contributed by atoms with Gasteiger partial charge in [0.2, 0.25) is 0 Å². The molecule has 104 valence electrons. The Bertz CT molecular complexity index is 422. The molecule has 1 aliphatic rings. The van der Waals surface area contributed by atoms with E-state index < -0.39 is 0 Å². The lowest BCUT2D eigenvalue weighted by Crippen LogP contribution is -2.41. The van der Waals surface area contributed by atoms with Crippen LogP contribution in [0.3, 0.4) is 0 Å². The molecule has 1 aliphatic carbocycles. The van der Waals surface area contributed by atoms with Crippen molar-refractivity contribution in [2.75, 3.05) is 18.9 Å². The van der Waals surface area contributed by atoms with Gasteiger partial charge in [0.15, 0.2) is 0 Å². The van der Waals surface area contributed by atoms with Crippen LogP contribution in [0.4, 0.5) is 5.69 Å². The predicted octanol–water partition coefficient (Wildman–Crippen LogP) is 1.94. The van der Waals surface area contributed by atoms with Crippen LogP contribution in [0.15, 0.2) is 24.3 Å². The number of aliphatic hydroxyl groups excluding tert-OH is 1. The second-order valence-electron chi connectivity index (χ2n) is 5.52. The number of nitrogens with one attached hydrogen (secondary N) is 1. The number of nitrogen functional groups attached to an aromatic ring is 1. The quantitative estimate of drug-likeness (QED) is 0.726. The molecule has 0 aliphatic heterocycles. The maximum atomic E-state index is 12.0. The average molecular weight is 262 g/mol. The maximum Gasteiger partial charge on any atom is 0.251 e. The van der Waals surface area contributed by atoms with E-state index in [0.29, 0.717) is 17.8 Å². The highest BCUT2D eigenvalue weighted by molar-refractivity contribution is 5.94. The van der Waals surface area contributed by atoms with Gasteiger partial charge in [-0.1, -0.05) is 19.3 Å². The van der Waals surface area contributed by atoms with E-state index >= 15 is 0 Å². The molecule has 19 heavy (non-hydrogen) atoms. The second kappa shape index (κ2) is 6.06. The van der Waals surface area contributed by atoms with Crippen LogP contribution >= 0.6 is 0 Å². The average Bonchev–Trinajstić information content (AvgIpc) is 2.46. The van der Waals surface area contributed by atoms with Crippen molar-refractivity contribution < 1.29 is 9.90 Å². The summed E-state index contributed by atoms with van der Waals surface area (Å²) in [5.74, 6) is -0.0987. The number of carbonyl (C=O) groups excluding carboxylic acids is 1. The third kappa shape index (κ3) is 3.47. The van der Waals surface area contributed by atoms with Crippen molar-refractivity contribution in [2.45, 2.75) is 32.1 Å². The van der Waals surface area contributed by atoms with Gasteiger partial charge in [-0.15, -0.1) is 0 Å². The van der Waals surface area contributed by atoms with Crippen molar-refractivity contribution in [3.05, 3.63) is 29.8 Å². The molecule has 1 fully saturated rings. The van der Waals surface area contributed by atoms with Gasteiger partial charge in [0.1, 0.15) is 0 Å². The number of benzene rings is 1. The van der Waals surface area contributed by atoms with Gasteiger partial charge in [0, 0.05) is 23.2 Å². The molecule has 0 saturated heterocycles. The highest BCUT2D eigenvalue weighted by Crippen LogP contribution is 2.35. The topological polar surface area (TPSA) is 75.4 Å². The Morgan fingerprint density at radius 1 is 1.21 bits per heavy atom. The molecule has 0 aromatic heterocycles. The molecule has 1 saturated carbocycles. The number of hydrogen-bond donors (Lipinski definition) is 3. The lowest BCUT2D eigenvalue weighted by Gasteiger charge is -2.35. The van der Waals surface area contributed by atoms with Crippen LogP contribution in [0.2, 0.25) is 0 Å². The van der Waals surface area contributed by atoms with Gasteiger partial charge < -0.3 is 16.2 Å². The second-order valence-corrected chi connectivity index (χ2v) is 5.52. The van der Waals surface area contributed by atoms with E-state index in [2.05, 4.69) is 5.32 Å². The van der Waals surface area contributed by atoms with Gasteiger partial charge in [0.25, 0.3) is 5.91 Å². The van der Waals surface area contributed by atoms with E-state index in [9.17, 15) is 9.90 Å². The van der Waals surface area contributed by atoms with Crippen molar-refractivity contribution in [2.24, 2.45) is 5.41 Å². The molecule has 0 spiro atoms. The molecule has 1 amide bonds. The minimum Gasteiger partial charge on any atom is -0.399 e. The van der Waals surface area contributed by atoms with Gasteiger partial charge in [-0.3, -0.25) is 4.79 Å². The Morgan fingerprint density at radius 3 is 2.42 bits per heavy atom. The zero-order valence-electron chi connectivity index (χ0n) is 11.2. The van der Waals surface area contributed by atoms with Crippen LogP contribution in [0, 0.1) is 5.41 Å². The van der Waals surface area contributed by atoms with Gasteiger partial charge in [-0.05, 0) is 37.1 Å². The lowest BCUT2D eigenvalue weighted by molar-refractivity contribution is 0.0718. The molecule has 4 N–H and O–H groups in total. The van der Waals surface area contributed by atoms with E-state index in [1.807, 2.05) is 0 Å². The van der Waals surface area contributed by atoms with E-state index in [1.165, 1.54) is 6.42 Å². The summed E-state index contributed by atoms with van der Waals surface area (Å²) in [6.45, 7) is 0.696.